The van der Waals surface area contributed by atoms with Crippen molar-refractivity contribution in [1.29, 1.82) is 0 Å². The van der Waals surface area contributed by atoms with Gasteiger partial charge in [-0.3, -0.25) is 14.9 Å². The summed E-state index contributed by atoms with van der Waals surface area (Å²) in [5.41, 5.74) is 0.907. The molecule has 7 nitrogen and oxygen atoms in total. The highest BCUT2D eigenvalue weighted by atomic mass is 16.6. The van der Waals surface area contributed by atoms with E-state index in [1.807, 2.05) is 0 Å². The van der Waals surface area contributed by atoms with Crippen LogP contribution in [0.25, 0.3) is 0 Å². The first-order chi connectivity index (χ1) is 10.3. The summed E-state index contributed by atoms with van der Waals surface area (Å²) in [7, 11) is 0. The van der Waals surface area contributed by atoms with Crippen molar-refractivity contribution in [3.63, 3.8) is 0 Å². The number of hydrogen-bond donors (Lipinski definition) is 3. The fourth-order valence-electron chi connectivity index (χ4n) is 1.96. The van der Waals surface area contributed by atoms with Gasteiger partial charge in [0, 0.05) is 18.8 Å². The molecule has 0 bridgehead atoms. The number of fused-ring (bicyclic) bond motifs is 1. The van der Waals surface area contributed by atoms with E-state index in [4.69, 9.17) is 4.74 Å². The van der Waals surface area contributed by atoms with Gasteiger partial charge in [-0.05, 0) is 39.0 Å². The van der Waals surface area contributed by atoms with E-state index in [-0.39, 0.29) is 5.91 Å². The lowest BCUT2D eigenvalue weighted by Gasteiger charge is -2.19. The van der Waals surface area contributed by atoms with Gasteiger partial charge in [-0.15, -0.1) is 0 Å². The molecule has 0 unspecified atom stereocenters. The summed E-state index contributed by atoms with van der Waals surface area (Å²) in [4.78, 5) is 34.4. The quantitative estimate of drug-likeness (QED) is 0.579. The molecule has 7 heteroatoms. The number of carbonyl (C=O) groups is 3. The minimum atomic E-state index is -0.530. The zero-order valence-corrected chi connectivity index (χ0v) is 12.8. The number of amides is 3. The van der Waals surface area contributed by atoms with Crippen molar-refractivity contribution in [2.75, 3.05) is 18.4 Å². The summed E-state index contributed by atoms with van der Waals surface area (Å²) < 4.78 is 5.11. The third kappa shape index (κ3) is 3.97. The Hall–Kier alpha value is -2.57. The molecular weight excluding hydrogens is 286 g/mol. The molecule has 118 valence electrons. The van der Waals surface area contributed by atoms with Crippen molar-refractivity contribution in [2.45, 2.75) is 26.4 Å². The van der Waals surface area contributed by atoms with E-state index in [0.717, 1.165) is 0 Å². The van der Waals surface area contributed by atoms with Crippen molar-refractivity contribution in [1.82, 2.24) is 10.6 Å². The van der Waals surface area contributed by atoms with Crippen LogP contribution < -0.4 is 16.0 Å². The first-order valence-electron chi connectivity index (χ1n) is 6.97. The Balaban J connectivity index is 1.81. The van der Waals surface area contributed by atoms with Gasteiger partial charge in [-0.2, -0.15) is 0 Å². The molecule has 0 aromatic heterocycles. The van der Waals surface area contributed by atoms with Crippen molar-refractivity contribution >= 4 is 23.6 Å². The molecule has 3 N–H and O–H groups in total. The predicted octanol–water partition coefficient (Wildman–Crippen LogP) is 1.51. The number of anilines is 1. The number of imide groups is 1. The third-order valence-electron chi connectivity index (χ3n) is 2.86. The summed E-state index contributed by atoms with van der Waals surface area (Å²) in [6, 6.07) is 4.92. The zero-order chi connectivity index (χ0) is 16.3. The number of nitrogens with one attached hydrogen (secondary N) is 3. The standard InChI is InChI=1S/C15H19N3O4/c1-15(2,3)22-14(21)17-7-6-16-9-4-5-10-11(8-9)13(20)18-12(10)19/h4-5,8,16H,6-7H2,1-3H3,(H,17,21)(H,18,19,20). The summed E-state index contributed by atoms with van der Waals surface area (Å²) in [5, 5.41) is 7.92. The van der Waals surface area contributed by atoms with Crippen LogP contribution in [0.1, 0.15) is 41.5 Å². The van der Waals surface area contributed by atoms with Crippen molar-refractivity contribution in [3.8, 4) is 0 Å². The van der Waals surface area contributed by atoms with E-state index < -0.39 is 17.6 Å². The number of carbonyl (C=O) groups excluding carboxylic acids is 3. The highest BCUT2D eigenvalue weighted by Gasteiger charge is 2.26. The second kappa shape index (κ2) is 6.05. The van der Waals surface area contributed by atoms with E-state index >= 15 is 0 Å². The van der Waals surface area contributed by atoms with Crippen LogP contribution >= 0.6 is 0 Å². The van der Waals surface area contributed by atoms with E-state index in [9.17, 15) is 14.4 Å². The normalized spacial score (nSPS) is 13.4. The van der Waals surface area contributed by atoms with Gasteiger partial charge in [0.25, 0.3) is 11.8 Å². The van der Waals surface area contributed by atoms with Gasteiger partial charge in [0.05, 0.1) is 11.1 Å². The minimum absolute atomic E-state index is 0.357. The van der Waals surface area contributed by atoms with Crippen LogP contribution in [0.2, 0.25) is 0 Å². The lowest BCUT2D eigenvalue weighted by Crippen LogP contribution is -2.35. The molecule has 0 radical (unpaired) electrons. The largest absolute Gasteiger partial charge is 0.444 e. The second-order valence-corrected chi connectivity index (χ2v) is 5.90. The van der Waals surface area contributed by atoms with E-state index in [2.05, 4.69) is 16.0 Å². The van der Waals surface area contributed by atoms with Gasteiger partial charge in [-0.1, -0.05) is 0 Å². The Labute approximate surface area is 128 Å². The fraction of sp³-hybridized carbons (Fsp3) is 0.400. The van der Waals surface area contributed by atoms with Gasteiger partial charge in [0.1, 0.15) is 5.60 Å². The molecule has 1 aliphatic rings. The van der Waals surface area contributed by atoms with Crippen LogP contribution in [-0.4, -0.2) is 36.6 Å². The highest BCUT2D eigenvalue weighted by Crippen LogP contribution is 2.19. The molecule has 2 rings (SSSR count). The molecule has 0 atom stereocenters. The van der Waals surface area contributed by atoms with Crippen LogP contribution in [0, 0.1) is 0 Å². The van der Waals surface area contributed by atoms with E-state index in [1.165, 1.54) is 0 Å². The van der Waals surface area contributed by atoms with Crippen LogP contribution in [0.15, 0.2) is 18.2 Å². The monoisotopic (exact) mass is 305 g/mol. The van der Waals surface area contributed by atoms with Gasteiger partial charge in [-0.25, -0.2) is 4.79 Å². The molecule has 1 aliphatic heterocycles. The predicted molar refractivity (Wildman–Crippen MR) is 81.0 cm³/mol. The number of ether oxygens (including phenoxy) is 1. The SMILES string of the molecule is CC(C)(C)OC(=O)NCCNc1ccc2c(c1)C(=O)NC2=O. The van der Waals surface area contributed by atoms with Gasteiger partial charge in [0.15, 0.2) is 0 Å². The summed E-state index contributed by atoms with van der Waals surface area (Å²) in [6.07, 6.45) is -0.478. The Morgan fingerprint density at radius 2 is 1.82 bits per heavy atom. The maximum Gasteiger partial charge on any atom is 0.407 e. The summed E-state index contributed by atoms with van der Waals surface area (Å²) in [6.45, 7) is 6.22. The van der Waals surface area contributed by atoms with Crippen molar-refractivity contribution < 1.29 is 19.1 Å². The summed E-state index contributed by atoms with van der Waals surface area (Å²) >= 11 is 0. The molecule has 0 saturated heterocycles. The molecule has 3 amide bonds. The number of hydrogen-bond acceptors (Lipinski definition) is 5. The topological polar surface area (TPSA) is 96.5 Å². The molecule has 0 spiro atoms. The van der Waals surface area contributed by atoms with E-state index in [1.54, 1.807) is 39.0 Å². The molecule has 0 fully saturated rings. The smallest absolute Gasteiger partial charge is 0.407 e. The van der Waals surface area contributed by atoms with Gasteiger partial charge in [0.2, 0.25) is 0 Å². The first kappa shape index (κ1) is 15.8. The Kier molecular flexibility index (Phi) is 4.35. The van der Waals surface area contributed by atoms with Gasteiger partial charge >= 0.3 is 6.09 Å². The van der Waals surface area contributed by atoms with Gasteiger partial charge < -0.3 is 15.4 Å². The molecule has 1 heterocycles. The average molecular weight is 305 g/mol. The summed E-state index contributed by atoms with van der Waals surface area (Å²) in [5.74, 6) is -0.770. The molecular formula is C15H19N3O4. The Morgan fingerprint density at radius 1 is 1.14 bits per heavy atom. The maximum absolute atomic E-state index is 11.5. The van der Waals surface area contributed by atoms with Crippen LogP contribution in [0.4, 0.5) is 10.5 Å². The minimum Gasteiger partial charge on any atom is -0.444 e. The third-order valence-corrected chi connectivity index (χ3v) is 2.86. The van der Waals surface area contributed by atoms with Crippen LogP contribution in [0.3, 0.4) is 0 Å². The molecule has 1 aromatic carbocycles. The second-order valence-electron chi connectivity index (χ2n) is 5.90. The fourth-order valence-corrected chi connectivity index (χ4v) is 1.96. The first-order valence-corrected chi connectivity index (χ1v) is 6.97. The maximum atomic E-state index is 11.5. The number of benzene rings is 1. The lowest BCUT2D eigenvalue weighted by atomic mass is 10.1. The zero-order valence-electron chi connectivity index (χ0n) is 12.8. The molecule has 1 aromatic rings. The van der Waals surface area contributed by atoms with E-state index in [0.29, 0.717) is 29.9 Å². The Morgan fingerprint density at radius 3 is 2.50 bits per heavy atom. The average Bonchev–Trinajstić information content (AvgIpc) is 2.68. The number of alkyl carbamates (subject to hydrolysis) is 1. The lowest BCUT2D eigenvalue weighted by molar-refractivity contribution is 0.0529. The number of rotatable bonds is 4. The molecule has 0 aliphatic carbocycles. The van der Waals surface area contributed by atoms with Crippen LogP contribution in [-0.2, 0) is 4.74 Å². The van der Waals surface area contributed by atoms with Crippen LogP contribution in [0.5, 0.6) is 0 Å². The Bertz CT molecular complexity index is 620. The van der Waals surface area contributed by atoms with Crippen molar-refractivity contribution in [3.05, 3.63) is 29.3 Å². The van der Waals surface area contributed by atoms with Crippen molar-refractivity contribution in [2.24, 2.45) is 0 Å². The molecule has 0 saturated carbocycles. The highest BCUT2D eigenvalue weighted by molar-refractivity contribution is 6.21. The molecule has 22 heavy (non-hydrogen) atoms.